The summed E-state index contributed by atoms with van der Waals surface area (Å²) >= 11 is 12.0. The van der Waals surface area contributed by atoms with Gasteiger partial charge >= 0.3 is 0 Å². The average Bonchev–Trinajstić information content (AvgIpc) is 2.84. The zero-order chi connectivity index (χ0) is 23.0. The first-order valence-corrected chi connectivity index (χ1v) is 11.4. The molecule has 0 aromatic heterocycles. The molecule has 166 valence electrons. The molecule has 5 heteroatoms. The zero-order valence-electron chi connectivity index (χ0n) is 17.9. The Bertz CT molecular complexity index is 1180. The van der Waals surface area contributed by atoms with Gasteiger partial charge in [0.1, 0.15) is 12.4 Å². The van der Waals surface area contributed by atoms with Crippen molar-refractivity contribution in [3.63, 3.8) is 0 Å². The van der Waals surface area contributed by atoms with E-state index in [1.54, 1.807) is 0 Å². The van der Waals surface area contributed by atoms with Crippen molar-refractivity contribution in [2.75, 3.05) is 0 Å². The van der Waals surface area contributed by atoms with E-state index in [9.17, 15) is 4.79 Å². The van der Waals surface area contributed by atoms with Crippen LogP contribution in [0.4, 0.5) is 0 Å². The van der Waals surface area contributed by atoms with Crippen molar-refractivity contribution in [1.82, 2.24) is 5.32 Å². The Morgan fingerprint density at radius 1 is 0.697 bits per heavy atom. The molecule has 4 aromatic rings. The highest BCUT2D eigenvalue weighted by Crippen LogP contribution is 2.24. The quantitative estimate of drug-likeness (QED) is 0.297. The van der Waals surface area contributed by atoms with E-state index < -0.39 is 0 Å². The lowest BCUT2D eigenvalue weighted by molar-refractivity contribution is -0.120. The molecular weight excluding hydrogens is 453 g/mol. The van der Waals surface area contributed by atoms with Gasteiger partial charge in [-0.2, -0.15) is 0 Å². The molecule has 1 amide bonds. The molecular formula is C28H23Cl2NO2. The fraction of sp³-hybridized carbons (Fsp3) is 0.107. The number of carbonyl (C=O) groups is 1. The van der Waals surface area contributed by atoms with Crippen LogP contribution in [0.1, 0.15) is 28.3 Å². The number of hydrogen-bond donors (Lipinski definition) is 1. The van der Waals surface area contributed by atoms with Crippen LogP contribution >= 0.6 is 23.2 Å². The van der Waals surface area contributed by atoms with Crippen molar-refractivity contribution in [1.29, 1.82) is 0 Å². The second-order valence-corrected chi connectivity index (χ2v) is 8.57. The highest BCUT2D eigenvalue weighted by atomic mass is 35.5. The summed E-state index contributed by atoms with van der Waals surface area (Å²) in [5.74, 6) is 0.686. The molecule has 0 bridgehead atoms. The molecule has 0 aliphatic heterocycles. The van der Waals surface area contributed by atoms with Crippen LogP contribution in [0.25, 0.3) is 0 Å². The third kappa shape index (κ3) is 6.61. The normalized spacial score (nSPS) is 11.6. The Morgan fingerprint density at radius 2 is 1.24 bits per heavy atom. The maximum Gasteiger partial charge on any atom is 0.225 e. The van der Waals surface area contributed by atoms with Crippen molar-refractivity contribution in [3.8, 4) is 5.75 Å². The predicted octanol–water partition coefficient (Wildman–Crippen LogP) is 7.02. The summed E-state index contributed by atoms with van der Waals surface area (Å²) in [4.78, 5) is 12.9. The topological polar surface area (TPSA) is 38.3 Å². The zero-order valence-corrected chi connectivity index (χ0v) is 19.4. The Hall–Kier alpha value is -3.27. The second kappa shape index (κ2) is 11.0. The second-order valence-electron chi connectivity index (χ2n) is 7.70. The minimum atomic E-state index is -0.252. The third-order valence-electron chi connectivity index (χ3n) is 5.25. The molecule has 0 saturated carbocycles. The molecule has 0 aliphatic rings. The van der Waals surface area contributed by atoms with Crippen molar-refractivity contribution < 1.29 is 9.53 Å². The Kier molecular flexibility index (Phi) is 7.66. The number of ether oxygens (including phenoxy) is 1. The largest absolute Gasteiger partial charge is 0.489 e. The van der Waals surface area contributed by atoms with Crippen LogP contribution in [-0.4, -0.2) is 5.91 Å². The van der Waals surface area contributed by atoms with Crippen molar-refractivity contribution in [2.45, 2.75) is 19.1 Å². The van der Waals surface area contributed by atoms with E-state index in [1.807, 2.05) is 103 Å². The van der Waals surface area contributed by atoms with Crippen LogP contribution in [0.15, 0.2) is 103 Å². The van der Waals surface area contributed by atoms with Gasteiger partial charge in [0.25, 0.3) is 0 Å². The van der Waals surface area contributed by atoms with E-state index in [1.165, 1.54) is 0 Å². The first-order chi connectivity index (χ1) is 16.1. The summed E-state index contributed by atoms with van der Waals surface area (Å²) < 4.78 is 5.83. The van der Waals surface area contributed by atoms with Crippen molar-refractivity contribution in [3.05, 3.63) is 135 Å². The number of carbonyl (C=O) groups excluding carboxylic acids is 1. The fourth-order valence-electron chi connectivity index (χ4n) is 3.51. The van der Waals surface area contributed by atoms with E-state index >= 15 is 0 Å². The van der Waals surface area contributed by atoms with E-state index in [0.717, 1.165) is 28.0 Å². The fourth-order valence-corrected chi connectivity index (χ4v) is 3.76. The maximum atomic E-state index is 12.9. The molecule has 33 heavy (non-hydrogen) atoms. The van der Waals surface area contributed by atoms with Gasteiger partial charge in [-0.3, -0.25) is 4.79 Å². The number of benzene rings is 4. The molecule has 0 heterocycles. The van der Waals surface area contributed by atoms with Crippen molar-refractivity contribution >= 4 is 29.1 Å². The molecule has 1 atom stereocenters. The van der Waals surface area contributed by atoms with E-state index in [-0.39, 0.29) is 18.4 Å². The molecule has 0 spiro atoms. The van der Waals surface area contributed by atoms with Crippen LogP contribution < -0.4 is 10.1 Å². The van der Waals surface area contributed by atoms with E-state index in [0.29, 0.717) is 16.7 Å². The molecule has 3 nitrogen and oxygen atoms in total. The Labute approximate surface area is 203 Å². The molecule has 0 radical (unpaired) electrons. The van der Waals surface area contributed by atoms with Crippen LogP contribution in [0, 0.1) is 0 Å². The van der Waals surface area contributed by atoms with Gasteiger partial charge in [-0.05, 0) is 58.7 Å². The average molecular weight is 476 g/mol. The first-order valence-electron chi connectivity index (χ1n) is 10.6. The highest BCUT2D eigenvalue weighted by Gasteiger charge is 2.17. The van der Waals surface area contributed by atoms with Gasteiger partial charge in [0.15, 0.2) is 0 Å². The van der Waals surface area contributed by atoms with E-state index in [2.05, 4.69) is 5.32 Å². The minimum Gasteiger partial charge on any atom is -0.489 e. The van der Waals surface area contributed by atoms with Gasteiger partial charge in [-0.25, -0.2) is 0 Å². The van der Waals surface area contributed by atoms with Crippen LogP contribution in [0.5, 0.6) is 5.75 Å². The van der Waals surface area contributed by atoms with Gasteiger partial charge in [0.05, 0.1) is 12.5 Å². The lowest BCUT2D eigenvalue weighted by Crippen LogP contribution is -2.30. The number of rotatable bonds is 8. The number of amides is 1. The smallest absolute Gasteiger partial charge is 0.225 e. The third-order valence-corrected chi connectivity index (χ3v) is 5.75. The molecule has 4 rings (SSSR count). The molecule has 0 fully saturated rings. The molecule has 0 aliphatic carbocycles. The summed E-state index contributed by atoms with van der Waals surface area (Å²) in [7, 11) is 0. The van der Waals surface area contributed by atoms with Gasteiger partial charge in [0, 0.05) is 10.0 Å². The number of nitrogens with one attached hydrogen (secondary N) is 1. The standard InChI is InChI=1S/C28H23Cl2NO2/c29-24-12-6-21(7-13-24)19-33-26-16-8-20(9-17-26)18-27(32)31-28(22-4-2-1-3-5-22)23-10-14-25(30)15-11-23/h1-17,28H,18-19H2,(H,31,32). The molecule has 1 N–H and O–H groups in total. The summed E-state index contributed by atoms with van der Waals surface area (Å²) in [5.41, 5.74) is 3.94. The van der Waals surface area contributed by atoms with Crippen LogP contribution in [0.2, 0.25) is 10.0 Å². The lowest BCUT2D eigenvalue weighted by Gasteiger charge is -2.20. The minimum absolute atomic E-state index is 0.0614. The molecule has 0 saturated heterocycles. The predicted molar refractivity (Wildman–Crippen MR) is 134 cm³/mol. The van der Waals surface area contributed by atoms with Crippen LogP contribution in [0.3, 0.4) is 0 Å². The number of hydrogen-bond acceptors (Lipinski definition) is 2. The summed E-state index contributed by atoms with van der Waals surface area (Å²) in [6.07, 6.45) is 0.272. The number of halogens is 2. The van der Waals surface area contributed by atoms with Gasteiger partial charge in [0.2, 0.25) is 5.91 Å². The van der Waals surface area contributed by atoms with E-state index in [4.69, 9.17) is 27.9 Å². The highest BCUT2D eigenvalue weighted by molar-refractivity contribution is 6.30. The summed E-state index contributed by atoms with van der Waals surface area (Å²) in [6.45, 7) is 0.455. The SMILES string of the molecule is O=C(Cc1ccc(OCc2ccc(Cl)cc2)cc1)NC(c1ccccc1)c1ccc(Cl)cc1. The Morgan fingerprint density at radius 3 is 1.88 bits per heavy atom. The van der Waals surface area contributed by atoms with Gasteiger partial charge < -0.3 is 10.1 Å². The first kappa shape index (κ1) is 22.9. The maximum absolute atomic E-state index is 12.9. The van der Waals surface area contributed by atoms with Crippen molar-refractivity contribution in [2.24, 2.45) is 0 Å². The van der Waals surface area contributed by atoms with Crippen LogP contribution in [-0.2, 0) is 17.8 Å². The molecule has 4 aromatic carbocycles. The molecule has 1 unspecified atom stereocenters. The summed E-state index contributed by atoms with van der Waals surface area (Å²) in [6, 6.07) is 32.3. The lowest BCUT2D eigenvalue weighted by atomic mass is 9.98. The van der Waals surface area contributed by atoms with Gasteiger partial charge in [-0.15, -0.1) is 0 Å². The monoisotopic (exact) mass is 475 g/mol. The van der Waals surface area contributed by atoms with Gasteiger partial charge in [-0.1, -0.05) is 89.9 Å². The summed E-state index contributed by atoms with van der Waals surface area (Å²) in [5, 5.41) is 4.52. The Balaban J connectivity index is 1.39.